The van der Waals surface area contributed by atoms with Crippen molar-refractivity contribution in [3.05, 3.63) is 0 Å². The van der Waals surface area contributed by atoms with Crippen LogP contribution in [0.1, 0.15) is 32.6 Å². The number of aliphatic hydroxyl groups is 1. The van der Waals surface area contributed by atoms with Crippen LogP contribution in [0.4, 0.5) is 0 Å². The molecule has 1 N–H and O–H groups in total. The van der Waals surface area contributed by atoms with E-state index in [-0.39, 0.29) is 6.04 Å². The highest BCUT2D eigenvalue weighted by molar-refractivity contribution is 4.87. The number of rotatable bonds is 2. The lowest BCUT2D eigenvalue weighted by atomic mass is 9.80. The summed E-state index contributed by atoms with van der Waals surface area (Å²) >= 11 is 0. The number of nitrogens with zero attached hydrogens (tertiary/aromatic N) is 1. The molecule has 1 aliphatic carbocycles. The minimum Gasteiger partial charge on any atom is -0.384 e. The van der Waals surface area contributed by atoms with Gasteiger partial charge in [0.1, 0.15) is 24.7 Å². The Morgan fingerprint density at radius 2 is 2.00 bits per heavy atom. The van der Waals surface area contributed by atoms with E-state index in [1.54, 1.807) is 7.11 Å². The maximum atomic E-state index is 10.5. The van der Waals surface area contributed by atoms with Crippen LogP contribution in [0.2, 0.25) is 0 Å². The quantitative estimate of drug-likeness (QED) is 0.722. The highest BCUT2D eigenvalue weighted by Gasteiger charge is 2.51. The molecule has 1 heterocycles. The molecule has 1 aliphatic heterocycles. The van der Waals surface area contributed by atoms with Crippen LogP contribution in [0.3, 0.4) is 0 Å². The third-order valence-corrected chi connectivity index (χ3v) is 4.29. The Morgan fingerprint density at radius 1 is 1.31 bits per heavy atom. The second-order valence-electron chi connectivity index (χ2n) is 5.31. The van der Waals surface area contributed by atoms with E-state index in [0.717, 1.165) is 45.6 Å². The Balaban J connectivity index is 2.18. The molecule has 0 amide bonds. The van der Waals surface area contributed by atoms with E-state index in [4.69, 9.17) is 9.57 Å². The Bertz CT molecular complexity index is 236. The summed E-state index contributed by atoms with van der Waals surface area (Å²) in [5.41, 5.74) is -0.592. The van der Waals surface area contributed by atoms with Gasteiger partial charge in [0.2, 0.25) is 0 Å². The lowest BCUT2D eigenvalue weighted by molar-refractivity contribution is -1.13. The van der Waals surface area contributed by atoms with Crippen LogP contribution in [-0.2, 0) is 9.57 Å². The Morgan fingerprint density at radius 3 is 2.56 bits per heavy atom. The SMILES string of the molecule is CO[N+]1(C2CCCCC2(C)O)CCOCC1. The minimum atomic E-state index is -0.592. The average molecular weight is 230 g/mol. The Kier molecular flexibility index (Phi) is 3.54. The third kappa shape index (κ3) is 2.12. The zero-order valence-electron chi connectivity index (χ0n) is 10.4. The zero-order chi connectivity index (χ0) is 11.6. The maximum Gasteiger partial charge on any atom is 0.148 e. The van der Waals surface area contributed by atoms with E-state index in [0.29, 0.717) is 4.65 Å². The monoisotopic (exact) mass is 230 g/mol. The first-order valence-electron chi connectivity index (χ1n) is 6.33. The summed E-state index contributed by atoms with van der Waals surface area (Å²) in [5, 5.41) is 10.5. The fourth-order valence-electron chi connectivity index (χ4n) is 3.31. The van der Waals surface area contributed by atoms with Gasteiger partial charge < -0.3 is 9.84 Å². The number of quaternary nitrogens is 1. The summed E-state index contributed by atoms with van der Waals surface area (Å²) in [6.45, 7) is 5.15. The van der Waals surface area contributed by atoms with Crippen LogP contribution >= 0.6 is 0 Å². The van der Waals surface area contributed by atoms with Crippen molar-refractivity contribution in [1.82, 2.24) is 0 Å². The first-order valence-corrected chi connectivity index (χ1v) is 6.33. The summed E-state index contributed by atoms with van der Waals surface area (Å²) in [5.74, 6) is 0. The van der Waals surface area contributed by atoms with Gasteiger partial charge in [-0.2, -0.15) is 4.65 Å². The lowest BCUT2D eigenvalue weighted by Crippen LogP contribution is -2.67. The van der Waals surface area contributed by atoms with Gasteiger partial charge in [-0.3, -0.25) is 0 Å². The van der Waals surface area contributed by atoms with E-state index in [1.165, 1.54) is 6.42 Å². The van der Waals surface area contributed by atoms with Crippen LogP contribution in [0.15, 0.2) is 0 Å². The van der Waals surface area contributed by atoms with Gasteiger partial charge in [-0.05, 0) is 19.8 Å². The zero-order valence-corrected chi connectivity index (χ0v) is 10.4. The average Bonchev–Trinajstić information content (AvgIpc) is 2.29. The Hall–Kier alpha value is -0.160. The second kappa shape index (κ2) is 4.61. The first-order chi connectivity index (χ1) is 7.61. The van der Waals surface area contributed by atoms with Gasteiger partial charge in [-0.1, -0.05) is 6.42 Å². The molecule has 0 aromatic rings. The van der Waals surface area contributed by atoms with Crippen LogP contribution in [0, 0.1) is 0 Å². The van der Waals surface area contributed by atoms with Gasteiger partial charge in [0.05, 0.1) is 20.3 Å². The van der Waals surface area contributed by atoms with Crippen LogP contribution in [-0.4, -0.2) is 54.8 Å². The van der Waals surface area contributed by atoms with Crippen molar-refractivity contribution in [2.75, 3.05) is 33.4 Å². The predicted molar refractivity (Wildman–Crippen MR) is 60.7 cm³/mol. The largest absolute Gasteiger partial charge is 0.384 e. The van der Waals surface area contributed by atoms with Gasteiger partial charge in [-0.15, -0.1) is 0 Å². The summed E-state index contributed by atoms with van der Waals surface area (Å²) < 4.78 is 5.98. The molecule has 94 valence electrons. The molecule has 0 spiro atoms. The van der Waals surface area contributed by atoms with E-state index < -0.39 is 5.60 Å². The summed E-state index contributed by atoms with van der Waals surface area (Å²) in [6.07, 6.45) is 4.28. The first kappa shape index (κ1) is 12.3. The highest BCUT2D eigenvalue weighted by atomic mass is 16.7. The smallest absolute Gasteiger partial charge is 0.148 e. The second-order valence-corrected chi connectivity index (χ2v) is 5.31. The molecule has 2 rings (SSSR count). The van der Waals surface area contributed by atoms with Crippen molar-refractivity contribution in [3.63, 3.8) is 0 Å². The van der Waals surface area contributed by atoms with Crippen molar-refractivity contribution in [2.45, 2.75) is 44.2 Å². The predicted octanol–water partition coefficient (Wildman–Crippen LogP) is 1.09. The number of morpholine rings is 1. The molecule has 2 atom stereocenters. The van der Waals surface area contributed by atoms with Gasteiger partial charge in [-0.25, -0.2) is 4.84 Å². The molecular weight excluding hydrogens is 206 g/mol. The van der Waals surface area contributed by atoms with Crippen molar-refractivity contribution in [3.8, 4) is 0 Å². The Labute approximate surface area is 97.7 Å². The normalized spacial score (nSPS) is 39.6. The number of hydrogen-bond acceptors (Lipinski definition) is 3. The van der Waals surface area contributed by atoms with E-state index in [2.05, 4.69) is 0 Å². The molecule has 4 nitrogen and oxygen atoms in total. The third-order valence-electron chi connectivity index (χ3n) is 4.29. The van der Waals surface area contributed by atoms with Gasteiger partial charge in [0.25, 0.3) is 0 Å². The summed E-state index contributed by atoms with van der Waals surface area (Å²) in [6, 6.07) is 0.204. The lowest BCUT2D eigenvalue weighted by Gasteiger charge is -2.49. The molecule has 1 saturated carbocycles. The van der Waals surface area contributed by atoms with E-state index in [1.807, 2.05) is 6.92 Å². The summed E-state index contributed by atoms with van der Waals surface area (Å²) in [7, 11) is 1.76. The van der Waals surface area contributed by atoms with Gasteiger partial charge >= 0.3 is 0 Å². The molecule has 1 saturated heterocycles. The van der Waals surface area contributed by atoms with Crippen molar-refractivity contribution in [1.29, 1.82) is 0 Å². The maximum absolute atomic E-state index is 10.5. The number of hydroxylamine groups is 3. The number of hydrogen-bond donors (Lipinski definition) is 1. The van der Waals surface area contributed by atoms with Crippen molar-refractivity contribution in [2.24, 2.45) is 0 Å². The van der Waals surface area contributed by atoms with Crippen LogP contribution in [0.25, 0.3) is 0 Å². The molecular formula is C12H24NO3+. The molecule has 2 fully saturated rings. The summed E-state index contributed by atoms with van der Waals surface area (Å²) in [4.78, 5) is 5.75. The van der Waals surface area contributed by atoms with Crippen LogP contribution in [0.5, 0.6) is 0 Å². The minimum absolute atomic E-state index is 0.204. The molecule has 0 aromatic carbocycles. The fourth-order valence-corrected chi connectivity index (χ4v) is 3.31. The van der Waals surface area contributed by atoms with E-state index >= 15 is 0 Å². The highest BCUT2D eigenvalue weighted by Crippen LogP contribution is 2.36. The number of ether oxygens (including phenoxy) is 1. The fraction of sp³-hybridized carbons (Fsp3) is 1.00. The molecule has 2 aliphatic rings. The molecule has 2 unspecified atom stereocenters. The van der Waals surface area contributed by atoms with Crippen molar-refractivity contribution < 1.29 is 19.3 Å². The molecule has 0 bridgehead atoms. The molecule has 0 aromatic heterocycles. The van der Waals surface area contributed by atoms with Gasteiger partial charge in [0.15, 0.2) is 0 Å². The topological polar surface area (TPSA) is 38.7 Å². The van der Waals surface area contributed by atoms with E-state index in [9.17, 15) is 5.11 Å². The molecule has 16 heavy (non-hydrogen) atoms. The standard InChI is InChI=1S/C12H24NO3/c1-12(14)6-4-3-5-11(12)13(15-2)7-9-16-10-8-13/h11,14H,3-10H2,1-2H3/q+1. The van der Waals surface area contributed by atoms with Crippen molar-refractivity contribution >= 4 is 0 Å². The molecule has 4 heteroatoms. The van der Waals surface area contributed by atoms with Gasteiger partial charge in [0, 0.05) is 6.42 Å². The van der Waals surface area contributed by atoms with Crippen LogP contribution < -0.4 is 0 Å². The molecule has 0 radical (unpaired) electrons.